The summed E-state index contributed by atoms with van der Waals surface area (Å²) in [6, 6.07) is 13.4. The standard InChI is InChI=1S/C22H25N5O4S2/c1-22(2)20(21(28)29)27(11-12-32-22)33(30,31)19-9-7-18(8-10-19)17-5-3-16(4-6-17)13-25-26-14-23-24-15-26/h3-10,14-15,20,25H,11-13H2,1-2H3,(H,28,29)/t20-/m0/s1. The van der Waals surface area contributed by atoms with Gasteiger partial charge < -0.3 is 10.5 Å². The first-order valence-electron chi connectivity index (χ1n) is 10.3. The number of hydrogen-bond donors (Lipinski definition) is 2. The summed E-state index contributed by atoms with van der Waals surface area (Å²) in [5.41, 5.74) is 6.04. The summed E-state index contributed by atoms with van der Waals surface area (Å²) < 4.78 is 28.6. The zero-order chi connectivity index (χ0) is 23.6. The molecule has 1 fully saturated rings. The third kappa shape index (κ3) is 4.90. The summed E-state index contributed by atoms with van der Waals surface area (Å²) in [7, 11) is -3.94. The quantitative estimate of drug-likeness (QED) is 0.522. The van der Waals surface area contributed by atoms with Crippen molar-refractivity contribution in [3.8, 4) is 11.1 Å². The molecule has 1 atom stereocenters. The predicted molar refractivity (Wildman–Crippen MR) is 127 cm³/mol. The number of hydrogen-bond acceptors (Lipinski definition) is 7. The Labute approximate surface area is 196 Å². The van der Waals surface area contributed by atoms with Crippen LogP contribution in [0.3, 0.4) is 0 Å². The number of thioether (sulfide) groups is 1. The van der Waals surface area contributed by atoms with E-state index in [1.54, 1.807) is 55.4 Å². The molecule has 4 rings (SSSR count). The molecular weight excluding hydrogens is 462 g/mol. The van der Waals surface area contributed by atoms with Crippen molar-refractivity contribution in [2.24, 2.45) is 0 Å². The molecule has 0 bridgehead atoms. The molecule has 2 N–H and O–H groups in total. The van der Waals surface area contributed by atoms with Crippen LogP contribution in [0.2, 0.25) is 0 Å². The highest BCUT2D eigenvalue weighted by Gasteiger charge is 2.48. The lowest BCUT2D eigenvalue weighted by Gasteiger charge is -2.42. The number of carboxylic acids is 1. The summed E-state index contributed by atoms with van der Waals surface area (Å²) in [5, 5.41) is 17.2. The van der Waals surface area contributed by atoms with E-state index in [2.05, 4.69) is 15.6 Å². The molecule has 1 aliphatic heterocycles. The normalized spacial score (nSPS) is 18.7. The Morgan fingerprint density at radius 2 is 1.67 bits per heavy atom. The van der Waals surface area contributed by atoms with Crippen LogP contribution in [0.1, 0.15) is 19.4 Å². The maximum Gasteiger partial charge on any atom is 0.323 e. The monoisotopic (exact) mass is 487 g/mol. The molecule has 2 aromatic carbocycles. The van der Waals surface area contributed by atoms with Gasteiger partial charge in [-0.25, -0.2) is 13.1 Å². The van der Waals surface area contributed by atoms with Crippen LogP contribution in [0.5, 0.6) is 0 Å². The number of aliphatic carboxylic acids is 1. The van der Waals surface area contributed by atoms with E-state index in [9.17, 15) is 18.3 Å². The molecule has 0 spiro atoms. The Bertz CT molecular complexity index is 1210. The molecule has 3 aromatic rings. The fourth-order valence-electron chi connectivity index (χ4n) is 3.87. The molecule has 0 unspecified atom stereocenters. The van der Waals surface area contributed by atoms with E-state index in [1.165, 1.54) is 11.8 Å². The van der Waals surface area contributed by atoms with Gasteiger partial charge in [0.2, 0.25) is 10.0 Å². The molecule has 1 aliphatic rings. The molecule has 0 saturated carbocycles. The van der Waals surface area contributed by atoms with E-state index >= 15 is 0 Å². The number of carbonyl (C=O) groups is 1. The second-order valence-corrected chi connectivity index (χ2v) is 11.9. The number of aromatic nitrogens is 3. The molecular formula is C22H25N5O4S2. The molecule has 1 aromatic heterocycles. The first-order valence-corrected chi connectivity index (χ1v) is 12.8. The molecule has 11 heteroatoms. The maximum atomic E-state index is 13.3. The van der Waals surface area contributed by atoms with E-state index in [-0.39, 0.29) is 11.4 Å². The smallest absolute Gasteiger partial charge is 0.323 e. The lowest BCUT2D eigenvalue weighted by Crippen LogP contribution is -2.58. The van der Waals surface area contributed by atoms with E-state index in [0.29, 0.717) is 12.3 Å². The van der Waals surface area contributed by atoms with Crippen molar-refractivity contribution in [1.82, 2.24) is 19.2 Å². The Morgan fingerprint density at radius 3 is 2.24 bits per heavy atom. The van der Waals surface area contributed by atoms with Crippen molar-refractivity contribution in [1.29, 1.82) is 0 Å². The van der Waals surface area contributed by atoms with Crippen molar-refractivity contribution in [2.45, 2.75) is 36.1 Å². The Morgan fingerprint density at radius 1 is 1.09 bits per heavy atom. The van der Waals surface area contributed by atoms with E-state index < -0.39 is 26.8 Å². The summed E-state index contributed by atoms with van der Waals surface area (Å²) in [4.78, 5) is 12.0. The molecule has 1 saturated heterocycles. The van der Waals surface area contributed by atoms with Crippen LogP contribution in [-0.4, -0.2) is 61.8 Å². The van der Waals surface area contributed by atoms with Crippen molar-refractivity contribution in [3.63, 3.8) is 0 Å². The fourth-order valence-corrected chi connectivity index (χ4v) is 6.96. The van der Waals surface area contributed by atoms with Crippen LogP contribution in [-0.2, 0) is 21.4 Å². The first kappa shape index (κ1) is 23.3. The van der Waals surface area contributed by atoms with Crippen LogP contribution in [0.25, 0.3) is 11.1 Å². The topological polar surface area (TPSA) is 117 Å². The van der Waals surface area contributed by atoms with Crippen LogP contribution in [0.15, 0.2) is 66.1 Å². The van der Waals surface area contributed by atoms with Gasteiger partial charge in [-0.1, -0.05) is 36.4 Å². The summed E-state index contributed by atoms with van der Waals surface area (Å²) in [5.74, 6) is -0.585. The Balaban J connectivity index is 1.51. The second-order valence-electron chi connectivity index (χ2n) is 8.23. The third-order valence-electron chi connectivity index (χ3n) is 5.60. The van der Waals surface area contributed by atoms with Crippen molar-refractivity contribution < 1.29 is 18.3 Å². The van der Waals surface area contributed by atoms with Crippen molar-refractivity contribution in [2.75, 3.05) is 17.7 Å². The minimum absolute atomic E-state index is 0.0926. The number of sulfonamides is 1. The molecule has 0 aliphatic carbocycles. The number of nitrogens with one attached hydrogen (secondary N) is 1. The van der Waals surface area contributed by atoms with Gasteiger partial charge in [0.15, 0.2) is 0 Å². The first-order chi connectivity index (χ1) is 15.7. The Hall–Kier alpha value is -2.89. The summed E-state index contributed by atoms with van der Waals surface area (Å²) >= 11 is 1.48. The van der Waals surface area contributed by atoms with Gasteiger partial charge in [0, 0.05) is 17.0 Å². The van der Waals surface area contributed by atoms with Gasteiger partial charge in [-0.3, -0.25) is 4.79 Å². The van der Waals surface area contributed by atoms with Gasteiger partial charge in [0.1, 0.15) is 18.7 Å². The number of nitrogens with zero attached hydrogens (tertiary/aromatic N) is 4. The molecule has 9 nitrogen and oxygen atoms in total. The average Bonchev–Trinajstić information content (AvgIpc) is 3.31. The van der Waals surface area contributed by atoms with Gasteiger partial charge >= 0.3 is 5.97 Å². The van der Waals surface area contributed by atoms with Crippen molar-refractivity contribution >= 4 is 27.8 Å². The highest BCUT2D eigenvalue weighted by Crippen LogP contribution is 2.38. The van der Waals surface area contributed by atoms with E-state index in [4.69, 9.17) is 0 Å². The molecule has 33 heavy (non-hydrogen) atoms. The lowest BCUT2D eigenvalue weighted by atomic mass is 10.0. The molecule has 0 radical (unpaired) electrons. The zero-order valence-electron chi connectivity index (χ0n) is 18.2. The highest BCUT2D eigenvalue weighted by molar-refractivity contribution is 8.00. The van der Waals surface area contributed by atoms with Gasteiger partial charge in [-0.2, -0.15) is 16.1 Å². The summed E-state index contributed by atoms with van der Waals surface area (Å²) in [6.45, 7) is 4.31. The predicted octanol–water partition coefficient (Wildman–Crippen LogP) is 2.66. The summed E-state index contributed by atoms with van der Waals surface area (Å²) in [6.07, 6.45) is 3.15. The number of carboxylic acid groups (broad SMARTS) is 1. The van der Waals surface area contributed by atoms with Crippen LogP contribution in [0.4, 0.5) is 0 Å². The molecule has 174 valence electrons. The average molecular weight is 488 g/mol. The van der Waals surface area contributed by atoms with E-state index in [1.807, 2.05) is 24.3 Å². The molecule has 0 amide bonds. The maximum absolute atomic E-state index is 13.3. The zero-order valence-corrected chi connectivity index (χ0v) is 19.9. The third-order valence-corrected chi connectivity index (χ3v) is 8.83. The lowest BCUT2D eigenvalue weighted by molar-refractivity contribution is -0.142. The second kappa shape index (κ2) is 9.16. The van der Waals surface area contributed by atoms with Crippen molar-refractivity contribution in [3.05, 3.63) is 66.7 Å². The SMILES string of the molecule is CC1(C)SCCN(S(=O)(=O)c2ccc(-c3ccc(CNn4cnnc4)cc3)cc2)[C@H]1C(=O)O. The van der Waals surface area contributed by atoms with Gasteiger partial charge in [0.05, 0.1) is 11.4 Å². The minimum atomic E-state index is -3.94. The van der Waals surface area contributed by atoms with Gasteiger partial charge in [-0.15, -0.1) is 10.2 Å². The van der Waals surface area contributed by atoms with Crippen LogP contribution >= 0.6 is 11.8 Å². The fraction of sp³-hybridized carbons (Fsp3) is 0.318. The van der Waals surface area contributed by atoms with Crippen LogP contribution in [0, 0.1) is 0 Å². The Kier molecular flexibility index (Phi) is 6.46. The number of rotatable bonds is 7. The van der Waals surface area contributed by atoms with E-state index in [0.717, 1.165) is 21.0 Å². The number of benzene rings is 2. The van der Waals surface area contributed by atoms with Gasteiger partial charge in [-0.05, 0) is 42.7 Å². The highest BCUT2D eigenvalue weighted by atomic mass is 32.2. The molecule has 2 heterocycles. The largest absolute Gasteiger partial charge is 0.480 e. The van der Waals surface area contributed by atoms with Gasteiger partial charge in [0.25, 0.3) is 0 Å². The minimum Gasteiger partial charge on any atom is -0.480 e. The van der Waals surface area contributed by atoms with Crippen LogP contribution < -0.4 is 5.43 Å².